The highest BCUT2D eigenvalue weighted by molar-refractivity contribution is 7.89. The quantitative estimate of drug-likeness (QED) is 0.860. The normalized spacial score (nSPS) is 17.6. The van der Waals surface area contributed by atoms with E-state index in [0.29, 0.717) is 0 Å². The average molecular weight is 326 g/mol. The Morgan fingerprint density at radius 1 is 1.16 bits per heavy atom. The highest BCUT2D eigenvalue weighted by atomic mass is 35.5. The second kappa shape index (κ2) is 5.95. The van der Waals surface area contributed by atoms with E-state index in [1.54, 1.807) is 0 Å². The molecule has 3 nitrogen and oxygen atoms in total. The minimum absolute atomic E-state index is 0.103. The van der Waals surface area contributed by atoms with Gasteiger partial charge in [-0.25, -0.2) is 17.5 Å². The number of sulfonamides is 1. The molecule has 2 rings (SSSR count). The summed E-state index contributed by atoms with van der Waals surface area (Å²) in [4.78, 5) is -0.262. The number of hydrogen-bond acceptors (Lipinski definition) is 2. The maximum Gasteiger partial charge on any atom is 0.242 e. The van der Waals surface area contributed by atoms with Crippen LogP contribution in [0.2, 0.25) is 10.0 Å². The SMILES string of the molecule is O=S(=O)(NC1CCCCC1)c1ccc(Cl)c(F)c1Cl. The molecule has 0 saturated heterocycles. The standard InChI is InChI=1S/C12H14Cl2FNO2S/c13-9-6-7-10(11(14)12(9)15)19(17,18)16-8-4-2-1-3-5-8/h6-8,16H,1-5H2. The molecule has 0 atom stereocenters. The smallest absolute Gasteiger partial charge is 0.208 e. The van der Waals surface area contributed by atoms with Crippen molar-refractivity contribution < 1.29 is 12.8 Å². The highest BCUT2D eigenvalue weighted by Gasteiger charge is 2.25. The predicted octanol–water partition coefficient (Wildman–Crippen LogP) is 3.74. The van der Waals surface area contributed by atoms with Gasteiger partial charge in [0.05, 0.1) is 10.0 Å². The van der Waals surface area contributed by atoms with Crippen LogP contribution in [0.3, 0.4) is 0 Å². The lowest BCUT2D eigenvalue weighted by Gasteiger charge is -2.22. The fourth-order valence-corrected chi connectivity index (χ4v) is 4.27. The molecule has 1 saturated carbocycles. The van der Waals surface area contributed by atoms with Gasteiger partial charge in [0.25, 0.3) is 0 Å². The molecule has 1 aromatic carbocycles. The summed E-state index contributed by atoms with van der Waals surface area (Å²) in [5.41, 5.74) is 0. The van der Waals surface area contributed by atoms with Crippen LogP contribution in [-0.2, 0) is 10.0 Å². The Morgan fingerprint density at radius 3 is 2.42 bits per heavy atom. The lowest BCUT2D eigenvalue weighted by Crippen LogP contribution is -2.36. The largest absolute Gasteiger partial charge is 0.242 e. The molecule has 7 heteroatoms. The van der Waals surface area contributed by atoms with Gasteiger partial charge in [0, 0.05) is 6.04 Å². The van der Waals surface area contributed by atoms with E-state index in [1.807, 2.05) is 0 Å². The monoisotopic (exact) mass is 325 g/mol. The molecule has 0 radical (unpaired) electrons. The number of halogens is 3. The van der Waals surface area contributed by atoms with Crippen LogP contribution < -0.4 is 4.72 Å². The van der Waals surface area contributed by atoms with Crippen LogP contribution in [0, 0.1) is 5.82 Å². The van der Waals surface area contributed by atoms with E-state index in [9.17, 15) is 12.8 Å². The third kappa shape index (κ3) is 3.40. The van der Waals surface area contributed by atoms with Gasteiger partial charge in [-0.1, -0.05) is 42.5 Å². The zero-order valence-corrected chi connectivity index (χ0v) is 12.5. The molecule has 1 aliphatic rings. The Morgan fingerprint density at radius 2 is 1.79 bits per heavy atom. The molecule has 1 aliphatic carbocycles. The van der Waals surface area contributed by atoms with Gasteiger partial charge >= 0.3 is 0 Å². The van der Waals surface area contributed by atoms with Crippen molar-refractivity contribution in [3.05, 3.63) is 28.0 Å². The van der Waals surface area contributed by atoms with E-state index in [-0.39, 0.29) is 16.0 Å². The zero-order valence-electron chi connectivity index (χ0n) is 10.1. The van der Waals surface area contributed by atoms with E-state index in [1.165, 1.54) is 12.1 Å². The number of hydrogen-bond donors (Lipinski definition) is 1. The summed E-state index contributed by atoms with van der Waals surface area (Å²) in [5, 5.41) is -0.655. The predicted molar refractivity (Wildman–Crippen MR) is 73.6 cm³/mol. The summed E-state index contributed by atoms with van der Waals surface area (Å²) < 4.78 is 40.5. The van der Waals surface area contributed by atoms with Crippen molar-refractivity contribution in [3.63, 3.8) is 0 Å². The lowest BCUT2D eigenvalue weighted by molar-refractivity contribution is 0.412. The highest BCUT2D eigenvalue weighted by Crippen LogP contribution is 2.30. The molecule has 106 valence electrons. The summed E-state index contributed by atoms with van der Waals surface area (Å²) in [5.74, 6) is -0.908. The molecular formula is C12H14Cl2FNO2S. The van der Waals surface area contributed by atoms with Gasteiger partial charge in [0.1, 0.15) is 4.90 Å². The number of rotatable bonds is 3. The Balaban J connectivity index is 2.26. The number of nitrogens with one attached hydrogen (secondary N) is 1. The Bertz CT molecular complexity index is 571. The Kier molecular flexibility index (Phi) is 4.71. The third-order valence-electron chi connectivity index (χ3n) is 3.22. The molecule has 0 spiro atoms. The maximum absolute atomic E-state index is 13.5. The van der Waals surface area contributed by atoms with Gasteiger partial charge in [-0.2, -0.15) is 0 Å². The van der Waals surface area contributed by atoms with Crippen LogP contribution in [0.25, 0.3) is 0 Å². The lowest BCUT2D eigenvalue weighted by atomic mass is 9.96. The summed E-state index contributed by atoms with van der Waals surface area (Å²) in [7, 11) is -3.81. The van der Waals surface area contributed by atoms with E-state index >= 15 is 0 Å². The van der Waals surface area contributed by atoms with Gasteiger partial charge < -0.3 is 0 Å². The molecule has 1 aromatic rings. The fraction of sp³-hybridized carbons (Fsp3) is 0.500. The average Bonchev–Trinajstić information content (AvgIpc) is 2.36. The summed E-state index contributed by atoms with van der Waals surface area (Å²) >= 11 is 11.3. The minimum atomic E-state index is -3.81. The molecular weight excluding hydrogens is 312 g/mol. The zero-order chi connectivity index (χ0) is 14.0. The van der Waals surface area contributed by atoms with Gasteiger partial charge in [0.2, 0.25) is 10.0 Å². The van der Waals surface area contributed by atoms with E-state index < -0.39 is 20.9 Å². The van der Waals surface area contributed by atoms with Gasteiger partial charge in [-0.3, -0.25) is 0 Å². The van der Waals surface area contributed by atoms with Crippen molar-refractivity contribution in [2.45, 2.75) is 43.0 Å². The van der Waals surface area contributed by atoms with Crippen molar-refractivity contribution >= 4 is 33.2 Å². The Hall–Kier alpha value is -0.360. The first kappa shape index (κ1) is 15.0. The second-order valence-electron chi connectivity index (χ2n) is 4.63. The van der Waals surface area contributed by atoms with Crippen molar-refractivity contribution in [3.8, 4) is 0 Å². The molecule has 0 aromatic heterocycles. The summed E-state index contributed by atoms with van der Waals surface area (Å²) in [6.07, 6.45) is 4.71. The first-order chi connectivity index (χ1) is 8.92. The fourth-order valence-electron chi connectivity index (χ4n) is 2.22. The van der Waals surface area contributed by atoms with Crippen LogP contribution >= 0.6 is 23.2 Å². The first-order valence-electron chi connectivity index (χ1n) is 6.07. The molecule has 0 heterocycles. The van der Waals surface area contributed by atoms with Crippen molar-refractivity contribution in [1.29, 1.82) is 0 Å². The van der Waals surface area contributed by atoms with Crippen LogP contribution in [0.15, 0.2) is 17.0 Å². The van der Waals surface area contributed by atoms with Crippen LogP contribution in [0.5, 0.6) is 0 Å². The molecule has 1 N–H and O–H groups in total. The summed E-state index contributed by atoms with van der Waals surface area (Å²) in [6.45, 7) is 0. The van der Waals surface area contributed by atoms with Crippen molar-refractivity contribution in [1.82, 2.24) is 4.72 Å². The third-order valence-corrected chi connectivity index (χ3v) is 5.55. The van der Waals surface area contributed by atoms with Crippen molar-refractivity contribution in [2.24, 2.45) is 0 Å². The second-order valence-corrected chi connectivity index (χ2v) is 7.10. The minimum Gasteiger partial charge on any atom is -0.208 e. The molecule has 19 heavy (non-hydrogen) atoms. The summed E-state index contributed by atoms with van der Waals surface area (Å²) in [6, 6.07) is 2.31. The molecule has 1 fully saturated rings. The van der Waals surface area contributed by atoms with Gasteiger partial charge in [-0.05, 0) is 25.0 Å². The van der Waals surface area contributed by atoms with E-state index in [4.69, 9.17) is 23.2 Å². The van der Waals surface area contributed by atoms with Gasteiger partial charge in [-0.15, -0.1) is 0 Å². The van der Waals surface area contributed by atoms with E-state index in [2.05, 4.69) is 4.72 Å². The topological polar surface area (TPSA) is 46.2 Å². The van der Waals surface area contributed by atoms with E-state index in [0.717, 1.165) is 32.1 Å². The van der Waals surface area contributed by atoms with Crippen molar-refractivity contribution in [2.75, 3.05) is 0 Å². The maximum atomic E-state index is 13.5. The molecule has 0 aliphatic heterocycles. The van der Waals surface area contributed by atoms with Crippen LogP contribution in [-0.4, -0.2) is 14.5 Å². The molecule has 0 unspecified atom stereocenters. The Labute approximate surface area is 122 Å². The molecule has 0 bridgehead atoms. The molecule has 0 amide bonds. The van der Waals surface area contributed by atoms with Crippen LogP contribution in [0.4, 0.5) is 4.39 Å². The van der Waals surface area contributed by atoms with Gasteiger partial charge in [0.15, 0.2) is 5.82 Å². The number of benzene rings is 1. The first-order valence-corrected chi connectivity index (χ1v) is 8.31. The van der Waals surface area contributed by atoms with Crippen LogP contribution in [0.1, 0.15) is 32.1 Å².